The Balaban J connectivity index is 1.81. The third-order valence-electron chi connectivity index (χ3n) is 4.29. The molecular formula is C19H21N3O3. The molecule has 3 aromatic rings. The lowest BCUT2D eigenvalue weighted by molar-refractivity contribution is 0.0937. The molecule has 0 aliphatic heterocycles. The van der Waals surface area contributed by atoms with Crippen LogP contribution in [-0.4, -0.2) is 36.0 Å². The highest BCUT2D eigenvalue weighted by molar-refractivity contribution is 5.96. The van der Waals surface area contributed by atoms with Crippen LogP contribution in [0.3, 0.4) is 0 Å². The summed E-state index contributed by atoms with van der Waals surface area (Å²) in [5.41, 5.74) is 0.939. The van der Waals surface area contributed by atoms with E-state index >= 15 is 0 Å². The van der Waals surface area contributed by atoms with Crippen molar-refractivity contribution in [1.29, 1.82) is 0 Å². The number of aryl methyl sites for hydroxylation is 1. The maximum absolute atomic E-state index is 12.5. The first-order valence-electron chi connectivity index (χ1n) is 8.06. The third kappa shape index (κ3) is 3.49. The van der Waals surface area contributed by atoms with Crippen LogP contribution >= 0.6 is 0 Å². The molecule has 0 aliphatic rings. The van der Waals surface area contributed by atoms with Crippen LogP contribution in [0.2, 0.25) is 0 Å². The Kier molecular flexibility index (Phi) is 4.72. The zero-order valence-electron chi connectivity index (χ0n) is 14.5. The quantitative estimate of drug-likeness (QED) is 0.724. The predicted molar refractivity (Wildman–Crippen MR) is 96.7 cm³/mol. The number of para-hydroxylation sites is 1. The fourth-order valence-corrected chi connectivity index (χ4v) is 2.88. The summed E-state index contributed by atoms with van der Waals surface area (Å²) in [6.45, 7) is 0.385. The summed E-state index contributed by atoms with van der Waals surface area (Å²) >= 11 is 0. The van der Waals surface area contributed by atoms with E-state index in [9.17, 15) is 9.59 Å². The molecule has 0 aliphatic carbocycles. The molecular weight excluding hydrogens is 318 g/mol. The van der Waals surface area contributed by atoms with Gasteiger partial charge in [0.25, 0.3) is 5.91 Å². The summed E-state index contributed by atoms with van der Waals surface area (Å²) in [6, 6.07) is 12.7. The molecule has 6 heteroatoms. The fourth-order valence-electron chi connectivity index (χ4n) is 2.88. The molecule has 1 atom stereocenters. The van der Waals surface area contributed by atoms with Gasteiger partial charge in [0.2, 0.25) is 0 Å². The molecule has 1 amide bonds. The first-order chi connectivity index (χ1) is 12.0. The van der Waals surface area contributed by atoms with E-state index in [-0.39, 0.29) is 11.6 Å². The summed E-state index contributed by atoms with van der Waals surface area (Å²) in [6.07, 6.45) is 1.96. The van der Waals surface area contributed by atoms with Gasteiger partial charge >= 0.3 is 5.63 Å². The maximum atomic E-state index is 12.5. The first-order valence-corrected chi connectivity index (χ1v) is 8.06. The van der Waals surface area contributed by atoms with Crippen molar-refractivity contribution in [2.75, 3.05) is 20.6 Å². The Morgan fingerprint density at radius 3 is 2.68 bits per heavy atom. The van der Waals surface area contributed by atoms with Crippen LogP contribution in [-0.2, 0) is 7.05 Å². The van der Waals surface area contributed by atoms with Gasteiger partial charge in [0.15, 0.2) is 0 Å². The number of nitrogens with one attached hydrogen (secondary N) is 1. The average Bonchev–Trinajstić information content (AvgIpc) is 3.00. The van der Waals surface area contributed by atoms with Crippen LogP contribution < -0.4 is 10.9 Å². The lowest BCUT2D eigenvalue weighted by atomic mass is 10.1. The molecule has 0 radical (unpaired) electrons. The molecule has 0 saturated carbocycles. The Bertz CT molecular complexity index is 956. The number of carbonyl (C=O) groups excluding carboxylic acids is 1. The molecule has 3 rings (SSSR count). The van der Waals surface area contributed by atoms with Crippen LogP contribution in [0.4, 0.5) is 0 Å². The van der Waals surface area contributed by atoms with Crippen LogP contribution in [0.1, 0.15) is 22.1 Å². The van der Waals surface area contributed by atoms with E-state index < -0.39 is 11.5 Å². The first kappa shape index (κ1) is 17.0. The molecule has 0 saturated heterocycles. The topological polar surface area (TPSA) is 67.5 Å². The highest BCUT2D eigenvalue weighted by Gasteiger charge is 2.20. The van der Waals surface area contributed by atoms with Crippen molar-refractivity contribution in [3.05, 3.63) is 70.3 Å². The molecule has 2 aromatic heterocycles. The van der Waals surface area contributed by atoms with E-state index in [4.69, 9.17) is 4.42 Å². The monoisotopic (exact) mass is 339 g/mol. The van der Waals surface area contributed by atoms with E-state index in [0.29, 0.717) is 12.1 Å². The van der Waals surface area contributed by atoms with Gasteiger partial charge in [-0.15, -0.1) is 0 Å². The molecule has 6 nitrogen and oxygen atoms in total. The van der Waals surface area contributed by atoms with Crippen LogP contribution in [0.5, 0.6) is 0 Å². The zero-order valence-corrected chi connectivity index (χ0v) is 14.5. The van der Waals surface area contributed by atoms with Crippen molar-refractivity contribution in [1.82, 2.24) is 14.8 Å². The van der Waals surface area contributed by atoms with E-state index in [1.54, 1.807) is 18.2 Å². The lowest BCUT2D eigenvalue weighted by Gasteiger charge is -2.25. The van der Waals surface area contributed by atoms with Gasteiger partial charge in [-0.2, -0.15) is 0 Å². The molecule has 0 unspecified atom stereocenters. The standard InChI is InChI=1S/C19H21N3O3/c1-21(2)16(15-8-6-10-22(15)3)12-20-18(23)14-11-13-7-4-5-9-17(13)25-19(14)24/h4-11,16H,12H2,1-3H3,(H,20,23)/t16-/m1/s1. The van der Waals surface area contributed by atoms with Crippen molar-refractivity contribution in [2.24, 2.45) is 7.05 Å². The third-order valence-corrected chi connectivity index (χ3v) is 4.29. The predicted octanol–water partition coefficient (Wildman–Crippen LogP) is 2.16. The van der Waals surface area contributed by atoms with Crippen molar-refractivity contribution in [3.63, 3.8) is 0 Å². The molecule has 0 spiro atoms. The Morgan fingerprint density at radius 2 is 2.00 bits per heavy atom. The van der Waals surface area contributed by atoms with Crippen molar-refractivity contribution < 1.29 is 9.21 Å². The summed E-state index contributed by atoms with van der Waals surface area (Å²) < 4.78 is 7.24. The number of nitrogens with zero attached hydrogens (tertiary/aromatic N) is 2. The van der Waals surface area contributed by atoms with Gasteiger partial charge in [0.1, 0.15) is 11.1 Å². The fraction of sp³-hybridized carbons (Fsp3) is 0.263. The molecule has 25 heavy (non-hydrogen) atoms. The molecule has 0 fully saturated rings. The summed E-state index contributed by atoms with van der Waals surface area (Å²) in [5, 5.41) is 3.57. The minimum atomic E-state index is -0.628. The van der Waals surface area contributed by atoms with Crippen molar-refractivity contribution >= 4 is 16.9 Å². The number of hydrogen-bond donors (Lipinski definition) is 1. The van der Waals surface area contributed by atoms with Crippen LogP contribution in [0, 0.1) is 0 Å². The minimum Gasteiger partial charge on any atom is -0.422 e. The smallest absolute Gasteiger partial charge is 0.349 e. The summed E-state index contributed by atoms with van der Waals surface area (Å²) in [7, 11) is 5.87. The van der Waals surface area contributed by atoms with Crippen LogP contribution in [0.25, 0.3) is 11.0 Å². The lowest BCUT2D eigenvalue weighted by Crippen LogP contribution is -2.37. The molecule has 130 valence electrons. The number of carbonyl (C=O) groups is 1. The molecule has 2 heterocycles. The normalized spacial score (nSPS) is 12.5. The van der Waals surface area contributed by atoms with Gasteiger partial charge in [0.05, 0.1) is 6.04 Å². The second-order valence-corrected chi connectivity index (χ2v) is 6.22. The van der Waals surface area contributed by atoms with Gasteiger partial charge in [-0.25, -0.2) is 4.79 Å². The zero-order chi connectivity index (χ0) is 18.0. The number of benzene rings is 1. The minimum absolute atomic E-state index is 0.00329. The van der Waals surface area contributed by atoms with Gasteiger partial charge in [-0.05, 0) is 38.4 Å². The van der Waals surface area contributed by atoms with Gasteiger partial charge in [-0.3, -0.25) is 9.69 Å². The van der Waals surface area contributed by atoms with E-state index in [1.165, 1.54) is 0 Å². The molecule has 1 N–H and O–H groups in total. The van der Waals surface area contributed by atoms with Gasteiger partial charge in [0, 0.05) is 30.9 Å². The molecule has 1 aromatic carbocycles. The SMILES string of the molecule is CN(C)[C@H](CNC(=O)c1cc2ccccc2oc1=O)c1cccn1C. The highest BCUT2D eigenvalue weighted by Crippen LogP contribution is 2.17. The van der Waals surface area contributed by atoms with Crippen LogP contribution in [0.15, 0.2) is 57.9 Å². The second-order valence-electron chi connectivity index (χ2n) is 6.22. The largest absolute Gasteiger partial charge is 0.422 e. The van der Waals surface area contributed by atoms with Gasteiger partial charge < -0.3 is 14.3 Å². The number of fused-ring (bicyclic) bond motifs is 1. The average molecular weight is 339 g/mol. The van der Waals surface area contributed by atoms with E-state index in [1.807, 2.05) is 61.1 Å². The summed E-state index contributed by atoms with van der Waals surface area (Å²) in [5.74, 6) is -0.430. The summed E-state index contributed by atoms with van der Waals surface area (Å²) in [4.78, 5) is 26.6. The number of amides is 1. The number of rotatable bonds is 5. The molecule has 0 bridgehead atoms. The maximum Gasteiger partial charge on any atom is 0.349 e. The Labute approximate surface area is 145 Å². The van der Waals surface area contributed by atoms with E-state index in [0.717, 1.165) is 11.1 Å². The Hall–Kier alpha value is -2.86. The second kappa shape index (κ2) is 6.94. The number of likely N-dealkylation sites (N-methyl/N-ethyl adjacent to an activating group) is 1. The van der Waals surface area contributed by atoms with E-state index in [2.05, 4.69) is 5.32 Å². The Morgan fingerprint density at radius 1 is 1.24 bits per heavy atom. The van der Waals surface area contributed by atoms with Gasteiger partial charge in [-0.1, -0.05) is 18.2 Å². The number of hydrogen-bond acceptors (Lipinski definition) is 4. The van der Waals surface area contributed by atoms with Crippen molar-refractivity contribution in [2.45, 2.75) is 6.04 Å². The highest BCUT2D eigenvalue weighted by atomic mass is 16.4. The van der Waals surface area contributed by atoms with Crippen molar-refractivity contribution in [3.8, 4) is 0 Å². The number of aromatic nitrogens is 1.